The van der Waals surface area contributed by atoms with E-state index in [-0.39, 0.29) is 12.5 Å². The minimum Gasteiger partial charge on any atom is -0.353 e. The van der Waals surface area contributed by atoms with Crippen molar-refractivity contribution in [3.8, 4) is 0 Å². The zero-order valence-corrected chi connectivity index (χ0v) is 13.5. The summed E-state index contributed by atoms with van der Waals surface area (Å²) in [5.41, 5.74) is 1.56. The second kappa shape index (κ2) is 8.06. The Morgan fingerprint density at radius 3 is 2.96 bits per heavy atom. The molecule has 0 aliphatic heterocycles. The van der Waals surface area contributed by atoms with E-state index in [4.69, 9.17) is 0 Å². The summed E-state index contributed by atoms with van der Waals surface area (Å²) < 4.78 is 1.83. The highest BCUT2D eigenvalue weighted by Gasteiger charge is 2.12. The van der Waals surface area contributed by atoms with Crippen molar-refractivity contribution in [1.29, 1.82) is 0 Å². The summed E-state index contributed by atoms with van der Waals surface area (Å²) in [6.07, 6.45) is 10.2. The average molecular weight is 315 g/mol. The van der Waals surface area contributed by atoms with Crippen LogP contribution >= 0.6 is 0 Å². The Labute approximate surface area is 136 Å². The summed E-state index contributed by atoms with van der Waals surface area (Å²) >= 11 is 0. The lowest BCUT2D eigenvalue weighted by atomic mass is 9.89. The van der Waals surface area contributed by atoms with Gasteiger partial charge in [0.2, 0.25) is 5.91 Å². The van der Waals surface area contributed by atoms with E-state index in [0.717, 1.165) is 24.5 Å². The van der Waals surface area contributed by atoms with E-state index in [9.17, 15) is 4.79 Å². The van der Waals surface area contributed by atoms with Crippen molar-refractivity contribution in [2.24, 2.45) is 5.92 Å². The predicted octanol–water partition coefficient (Wildman–Crippen LogP) is 1.72. The number of hydrogen-bond acceptors (Lipinski definition) is 4. The normalized spacial score (nSPS) is 15.8. The molecule has 1 aliphatic rings. The fraction of sp³-hybridized carbons (Fsp3) is 0.588. The van der Waals surface area contributed by atoms with Gasteiger partial charge in [0.25, 0.3) is 0 Å². The van der Waals surface area contributed by atoms with Crippen molar-refractivity contribution < 1.29 is 4.79 Å². The van der Waals surface area contributed by atoms with Crippen molar-refractivity contribution in [3.63, 3.8) is 0 Å². The number of carbonyl (C=O) groups is 1. The second-order valence-electron chi connectivity index (χ2n) is 6.28. The van der Waals surface area contributed by atoms with Gasteiger partial charge in [-0.2, -0.15) is 0 Å². The van der Waals surface area contributed by atoms with Crippen LogP contribution in [0.5, 0.6) is 0 Å². The van der Waals surface area contributed by atoms with Crippen molar-refractivity contribution >= 4 is 17.1 Å². The third-order valence-corrected chi connectivity index (χ3v) is 4.49. The number of carbonyl (C=O) groups excluding carboxylic acids is 1. The lowest BCUT2D eigenvalue weighted by molar-refractivity contribution is -0.121. The Bertz CT molecular complexity index is 633. The van der Waals surface area contributed by atoms with E-state index in [1.165, 1.54) is 32.1 Å². The Kier molecular flexibility index (Phi) is 5.58. The van der Waals surface area contributed by atoms with Crippen LogP contribution in [0.4, 0.5) is 0 Å². The van der Waals surface area contributed by atoms with Crippen LogP contribution in [0.2, 0.25) is 0 Å². The van der Waals surface area contributed by atoms with E-state index in [2.05, 4.69) is 20.6 Å². The van der Waals surface area contributed by atoms with Gasteiger partial charge in [-0.25, -0.2) is 9.97 Å². The quantitative estimate of drug-likeness (QED) is 0.763. The molecule has 1 aliphatic carbocycles. The predicted molar refractivity (Wildman–Crippen MR) is 90.0 cm³/mol. The minimum absolute atomic E-state index is 0.00706. The molecule has 0 radical (unpaired) electrons. The molecule has 2 aromatic rings. The highest BCUT2D eigenvalue weighted by atomic mass is 16.1. The number of pyridine rings is 1. The third-order valence-electron chi connectivity index (χ3n) is 4.49. The van der Waals surface area contributed by atoms with Gasteiger partial charge in [0.1, 0.15) is 6.54 Å². The largest absolute Gasteiger partial charge is 0.353 e. The van der Waals surface area contributed by atoms with Gasteiger partial charge in [0, 0.05) is 19.3 Å². The molecule has 1 fully saturated rings. The van der Waals surface area contributed by atoms with Crippen LogP contribution < -0.4 is 10.6 Å². The molecule has 124 valence electrons. The second-order valence-corrected chi connectivity index (χ2v) is 6.28. The van der Waals surface area contributed by atoms with Gasteiger partial charge in [0.15, 0.2) is 5.65 Å². The molecule has 0 aromatic carbocycles. The minimum atomic E-state index is 0.00706. The monoisotopic (exact) mass is 315 g/mol. The molecule has 2 N–H and O–H groups in total. The van der Waals surface area contributed by atoms with Crippen LogP contribution in [-0.2, 0) is 11.3 Å². The molecule has 23 heavy (non-hydrogen) atoms. The lowest BCUT2D eigenvalue weighted by Gasteiger charge is -2.21. The number of nitrogens with zero attached hydrogens (tertiary/aromatic N) is 3. The first-order valence-corrected chi connectivity index (χ1v) is 8.56. The van der Waals surface area contributed by atoms with Crippen molar-refractivity contribution in [1.82, 2.24) is 25.2 Å². The molecule has 2 heterocycles. The fourth-order valence-corrected chi connectivity index (χ4v) is 3.22. The molecule has 3 rings (SSSR count). The number of hydrogen-bond donors (Lipinski definition) is 2. The third kappa shape index (κ3) is 4.51. The van der Waals surface area contributed by atoms with Gasteiger partial charge in [-0.15, -0.1) is 0 Å². The smallest absolute Gasteiger partial charge is 0.240 e. The van der Waals surface area contributed by atoms with Crippen LogP contribution in [-0.4, -0.2) is 40.1 Å². The van der Waals surface area contributed by atoms with Gasteiger partial charge >= 0.3 is 0 Å². The molecule has 0 unspecified atom stereocenters. The molecular formula is C17H25N5O. The van der Waals surface area contributed by atoms with E-state index in [0.29, 0.717) is 12.2 Å². The molecule has 6 heteroatoms. The van der Waals surface area contributed by atoms with Gasteiger partial charge < -0.3 is 15.2 Å². The summed E-state index contributed by atoms with van der Waals surface area (Å²) in [6, 6.07) is 3.78. The maximum atomic E-state index is 12.0. The number of rotatable bonds is 7. The fourth-order valence-electron chi connectivity index (χ4n) is 3.22. The Hall–Kier alpha value is -1.95. The summed E-state index contributed by atoms with van der Waals surface area (Å²) in [7, 11) is 0. The number of imidazole rings is 1. The average Bonchev–Trinajstić information content (AvgIpc) is 2.99. The van der Waals surface area contributed by atoms with Gasteiger partial charge in [-0.3, -0.25) is 4.79 Å². The van der Waals surface area contributed by atoms with Crippen LogP contribution in [0, 0.1) is 5.92 Å². The zero-order chi connectivity index (χ0) is 15.9. The maximum Gasteiger partial charge on any atom is 0.240 e. The van der Waals surface area contributed by atoms with Crippen LogP contribution in [0.25, 0.3) is 11.2 Å². The molecule has 0 spiro atoms. The molecule has 2 aromatic heterocycles. The SMILES string of the molecule is O=C(Cn1cnc2ncccc21)NCCNCC1CCCCC1. The first-order chi connectivity index (χ1) is 11.3. The highest BCUT2D eigenvalue weighted by Crippen LogP contribution is 2.22. The van der Waals surface area contributed by atoms with Gasteiger partial charge in [0.05, 0.1) is 11.8 Å². The first kappa shape index (κ1) is 15.9. The molecule has 1 saturated carbocycles. The first-order valence-electron chi connectivity index (χ1n) is 8.56. The molecule has 6 nitrogen and oxygen atoms in total. The number of nitrogens with one attached hydrogen (secondary N) is 2. The summed E-state index contributed by atoms with van der Waals surface area (Å²) in [5, 5.41) is 6.41. The highest BCUT2D eigenvalue weighted by molar-refractivity contribution is 5.78. The molecular weight excluding hydrogens is 290 g/mol. The topological polar surface area (TPSA) is 71.8 Å². The van der Waals surface area contributed by atoms with Crippen molar-refractivity contribution in [2.45, 2.75) is 38.6 Å². The number of amides is 1. The van der Waals surface area contributed by atoms with Crippen LogP contribution in [0.15, 0.2) is 24.7 Å². The van der Waals surface area contributed by atoms with Gasteiger partial charge in [-0.05, 0) is 37.4 Å². The summed E-state index contributed by atoms with van der Waals surface area (Å²) in [5.74, 6) is 0.830. The Morgan fingerprint density at radius 1 is 1.22 bits per heavy atom. The number of aromatic nitrogens is 3. The van der Waals surface area contributed by atoms with E-state index in [1.54, 1.807) is 12.5 Å². The molecule has 1 amide bonds. The Balaban J connectivity index is 1.35. The van der Waals surface area contributed by atoms with Crippen LogP contribution in [0.1, 0.15) is 32.1 Å². The molecule has 0 atom stereocenters. The zero-order valence-electron chi connectivity index (χ0n) is 13.5. The lowest BCUT2D eigenvalue weighted by Crippen LogP contribution is -2.35. The van der Waals surface area contributed by atoms with Gasteiger partial charge in [-0.1, -0.05) is 19.3 Å². The van der Waals surface area contributed by atoms with E-state index < -0.39 is 0 Å². The van der Waals surface area contributed by atoms with E-state index in [1.807, 2.05) is 16.7 Å². The van der Waals surface area contributed by atoms with Crippen LogP contribution in [0.3, 0.4) is 0 Å². The Morgan fingerprint density at radius 2 is 2.09 bits per heavy atom. The van der Waals surface area contributed by atoms with Crippen molar-refractivity contribution in [2.75, 3.05) is 19.6 Å². The summed E-state index contributed by atoms with van der Waals surface area (Å²) in [4.78, 5) is 20.4. The van der Waals surface area contributed by atoms with Crippen molar-refractivity contribution in [3.05, 3.63) is 24.7 Å². The standard InChI is InChI=1S/C17H25N5O/c23-16(12-22-13-21-17-15(22)7-4-8-20-17)19-10-9-18-11-14-5-2-1-3-6-14/h4,7-8,13-14,18H,1-3,5-6,9-12H2,(H,19,23). The summed E-state index contributed by atoms with van der Waals surface area (Å²) in [6.45, 7) is 2.85. The number of fused-ring (bicyclic) bond motifs is 1. The maximum absolute atomic E-state index is 12.0. The molecule has 0 saturated heterocycles. The molecule has 0 bridgehead atoms. The van der Waals surface area contributed by atoms with E-state index >= 15 is 0 Å².